The summed E-state index contributed by atoms with van der Waals surface area (Å²) in [6.45, 7) is 3.14. The molecule has 14 heavy (non-hydrogen) atoms. The average Bonchev–Trinajstić information content (AvgIpc) is 2.47. The van der Waals surface area contributed by atoms with E-state index in [-0.39, 0.29) is 18.2 Å². The number of hydrogen-bond donors (Lipinski definition) is 1. The van der Waals surface area contributed by atoms with Gasteiger partial charge in [-0.05, 0) is 19.3 Å². The van der Waals surface area contributed by atoms with Crippen LogP contribution in [-0.4, -0.2) is 47.3 Å². The van der Waals surface area contributed by atoms with Gasteiger partial charge in [0, 0.05) is 26.1 Å². The molecule has 80 valence electrons. The van der Waals surface area contributed by atoms with Gasteiger partial charge in [-0.2, -0.15) is 0 Å². The topological polar surface area (TPSA) is 49.8 Å². The molecule has 2 fully saturated rings. The van der Waals surface area contributed by atoms with Gasteiger partial charge in [-0.25, -0.2) is 0 Å². The summed E-state index contributed by atoms with van der Waals surface area (Å²) in [5.41, 5.74) is 0. The lowest BCUT2D eigenvalue weighted by Gasteiger charge is -2.34. The number of aliphatic hydroxyl groups excluding tert-OH is 1. The third-order valence-electron chi connectivity index (χ3n) is 3.16. The van der Waals surface area contributed by atoms with Crippen LogP contribution in [0.4, 0.5) is 0 Å². The first-order valence-electron chi connectivity index (χ1n) is 5.26. The number of carbonyl (C=O) groups is 1. The van der Waals surface area contributed by atoms with E-state index in [2.05, 4.69) is 4.90 Å². The number of carbonyl (C=O) groups excluding carboxylic acids is 1. The molecule has 0 amide bonds. The standard InChI is InChI=1S/C10H17NO3/c1-7(12)14-10-4-5-11-6-8(13)2-3-9(10)11/h8-10,13H,2-6H2,1H3. The maximum absolute atomic E-state index is 10.8. The fraction of sp³-hybridized carbons (Fsp3) is 0.900. The minimum atomic E-state index is -0.192. The van der Waals surface area contributed by atoms with Crippen molar-refractivity contribution in [3.63, 3.8) is 0 Å². The molecule has 1 N–H and O–H groups in total. The van der Waals surface area contributed by atoms with Crippen molar-refractivity contribution in [1.29, 1.82) is 0 Å². The van der Waals surface area contributed by atoms with Gasteiger partial charge in [0.1, 0.15) is 6.10 Å². The molecule has 4 heteroatoms. The van der Waals surface area contributed by atoms with Crippen molar-refractivity contribution in [3.05, 3.63) is 0 Å². The zero-order valence-electron chi connectivity index (χ0n) is 8.48. The molecule has 2 heterocycles. The number of hydrogen-bond acceptors (Lipinski definition) is 4. The number of ether oxygens (including phenoxy) is 1. The van der Waals surface area contributed by atoms with E-state index in [0.29, 0.717) is 6.04 Å². The second-order valence-electron chi connectivity index (χ2n) is 4.23. The molecule has 4 nitrogen and oxygen atoms in total. The predicted molar refractivity (Wildman–Crippen MR) is 50.8 cm³/mol. The van der Waals surface area contributed by atoms with Gasteiger partial charge < -0.3 is 9.84 Å². The molecule has 0 radical (unpaired) electrons. The minimum absolute atomic E-state index is 0.0556. The van der Waals surface area contributed by atoms with E-state index in [1.54, 1.807) is 0 Å². The summed E-state index contributed by atoms with van der Waals surface area (Å²) in [6, 6.07) is 0.349. The molecular formula is C10H17NO3. The smallest absolute Gasteiger partial charge is 0.302 e. The summed E-state index contributed by atoms with van der Waals surface area (Å²) in [5.74, 6) is -0.192. The van der Waals surface area contributed by atoms with Gasteiger partial charge in [-0.1, -0.05) is 0 Å². The predicted octanol–water partition coefficient (Wildman–Crippen LogP) is 0.147. The Morgan fingerprint density at radius 1 is 1.43 bits per heavy atom. The van der Waals surface area contributed by atoms with Gasteiger partial charge in [-0.3, -0.25) is 9.69 Å². The second-order valence-corrected chi connectivity index (χ2v) is 4.23. The number of piperidine rings is 1. The Labute approximate surface area is 83.8 Å². The molecule has 3 atom stereocenters. The first-order valence-corrected chi connectivity index (χ1v) is 5.26. The van der Waals surface area contributed by atoms with Crippen molar-refractivity contribution in [3.8, 4) is 0 Å². The SMILES string of the molecule is CC(=O)OC1CCN2CC(O)CCC12. The normalized spacial score (nSPS) is 38.0. The molecule has 2 rings (SSSR count). The van der Waals surface area contributed by atoms with Crippen LogP contribution in [-0.2, 0) is 9.53 Å². The third-order valence-corrected chi connectivity index (χ3v) is 3.16. The van der Waals surface area contributed by atoms with Crippen LogP contribution in [0, 0.1) is 0 Å². The van der Waals surface area contributed by atoms with Crippen molar-refractivity contribution in [2.75, 3.05) is 13.1 Å². The van der Waals surface area contributed by atoms with Crippen LogP contribution >= 0.6 is 0 Å². The Hall–Kier alpha value is -0.610. The Morgan fingerprint density at radius 2 is 2.21 bits per heavy atom. The number of esters is 1. The molecule has 0 aliphatic carbocycles. The van der Waals surface area contributed by atoms with Gasteiger partial charge in [0.25, 0.3) is 0 Å². The van der Waals surface area contributed by atoms with E-state index in [1.807, 2.05) is 0 Å². The van der Waals surface area contributed by atoms with Gasteiger partial charge in [0.2, 0.25) is 0 Å². The van der Waals surface area contributed by atoms with Crippen molar-refractivity contribution in [1.82, 2.24) is 4.90 Å². The Morgan fingerprint density at radius 3 is 2.93 bits per heavy atom. The fourth-order valence-electron chi connectivity index (χ4n) is 2.56. The lowest BCUT2D eigenvalue weighted by Crippen LogP contribution is -2.45. The van der Waals surface area contributed by atoms with Crippen LogP contribution in [0.1, 0.15) is 26.2 Å². The molecule has 3 unspecified atom stereocenters. The Balaban J connectivity index is 1.95. The summed E-state index contributed by atoms with van der Waals surface area (Å²) < 4.78 is 5.25. The van der Waals surface area contributed by atoms with Crippen molar-refractivity contribution in [2.45, 2.75) is 44.4 Å². The third kappa shape index (κ3) is 1.91. The van der Waals surface area contributed by atoms with E-state index in [4.69, 9.17) is 4.74 Å². The molecule has 2 aliphatic rings. The molecule has 0 aromatic heterocycles. The van der Waals surface area contributed by atoms with Crippen molar-refractivity contribution in [2.24, 2.45) is 0 Å². The van der Waals surface area contributed by atoms with E-state index in [1.165, 1.54) is 6.92 Å². The lowest BCUT2D eigenvalue weighted by molar-refractivity contribution is -0.148. The Kier molecular flexibility index (Phi) is 2.74. The highest BCUT2D eigenvalue weighted by atomic mass is 16.5. The van der Waals surface area contributed by atoms with Gasteiger partial charge in [-0.15, -0.1) is 0 Å². The molecule has 0 saturated carbocycles. The van der Waals surface area contributed by atoms with Crippen LogP contribution in [0.15, 0.2) is 0 Å². The summed E-state index contributed by atoms with van der Waals surface area (Å²) >= 11 is 0. The van der Waals surface area contributed by atoms with E-state index < -0.39 is 0 Å². The van der Waals surface area contributed by atoms with Crippen LogP contribution in [0.3, 0.4) is 0 Å². The largest absolute Gasteiger partial charge is 0.461 e. The number of nitrogens with zero attached hydrogens (tertiary/aromatic N) is 1. The summed E-state index contributed by atoms with van der Waals surface area (Å²) in [7, 11) is 0. The van der Waals surface area contributed by atoms with Crippen LogP contribution < -0.4 is 0 Å². The average molecular weight is 199 g/mol. The second kappa shape index (κ2) is 3.87. The molecule has 0 aromatic carbocycles. The number of aliphatic hydroxyl groups is 1. The number of fused-ring (bicyclic) bond motifs is 1. The maximum atomic E-state index is 10.8. The minimum Gasteiger partial charge on any atom is -0.461 e. The first-order chi connectivity index (χ1) is 6.66. The molecule has 2 saturated heterocycles. The van der Waals surface area contributed by atoms with Crippen molar-refractivity contribution < 1.29 is 14.6 Å². The molecule has 0 bridgehead atoms. The lowest BCUT2D eigenvalue weighted by atomic mass is 9.99. The summed E-state index contributed by atoms with van der Waals surface area (Å²) in [4.78, 5) is 13.1. The van der Waals surface area contributed by atoms with Crippen LogP contribution in [0.5, 0.6) is 0 Å². The zero-order chi connectivity index (χ0) is 10.1. The highest BCUT2D eigenvalue weighted by Crippen LogP contribution is 2.29. The molecule has 2 aliphatic heterocycles. The quantitative estimate of drug-likeness (QED) is 0.611. The van der Waals surface area contributed by atoms with Crippen LogP contribution in [0.2, 0.25) is 0 Å². The number of rotatable bonds is 1. The molecule has 0 spiro atoms. The maximum Gasteiger partial charge on any atom is 0.302 e. The highest BCUT2D eigenvalue weighted by molar-refractivity contribution is 5.66. The van der Waals surface area contributed by atoms with Gasteiger partial charge >= 0.3 is 5.97 Å². The van der Waals surface area contributed by atoms with E-state index in [9.17, 15) is 9.90 Å². The monoisotopic (exact) mass is 199 g/mol. The Bertz CT molecular complexity index is 231. The fourth-order valence-corrected chi connectivity index (χ4v) is 2.56. The van der Waals surface area contributed by atoms with E-state index in [0.717, 1.165) is 32.4 Å². The molecule has 0 aromatic rings. The van der Waals surface area contributed by atoms with Crippen LogP contribution in [0.25, 0.3) is 0 Å². The highest BCUT2D eigenvalue weighted by Gasteiger charge is 2.39. The summed E-state index contributed by atoms with van der Waals surface area (Å²) in [5, 5.41) is 9.47. The van der Waals surface area contributed by atoms with Crippen molar-refractivity contribution >= 4 is 5.97 Å². The van der Waals surface area contributed by atoms with E-state index >= 15 is 0 Å². The summed E-state index contributed by atoms with van der Waals surface area (Å²) in [6.07, 6.45) is 2.55. The zero-order valence-corrected chi connectivity index (χ0v) is 8.48. The van der Waals surface area contributed by atoms with Gasteiger partial charge in [0.15, 0.2) is 0 Å². The van der Waals surface area contributed by atoms with Gasteiger partial charge in [0.05, 0.1) is 6.10 Å². The molecular weight excluding hydrogens is 182 g/mol. The first kappa shape index (κ1) is 9.93.